The highest BCUT2D eigenvalue weighted by Gasteiger charge is 2.06. The average molecular weight is 285 g/mol. The van der Waals surface area contributed by atoms with E-state index >= 15 is 0 Å². The summed E-state index contributed by atoms with van der Waals surface area (Å²) in [7, 11) is 0. The van der Waals surface area contributed by atoms with E-state index in [9.17, 15) is 9.59 Å². The largest absolute Gasteiger partial charge is 0.370 e. The Bertz CT molecular complexity index is 398. The fraction of sp³-hybridized carbons (Fsp3) is 0.273. The third kappa shape index (κ3) is 4.02. The number of nitrogens with two attached hydrogens (primary N) is 1. The lowest BCUT2D eigenvalue weighted by atomic mass is 10.1. The molecule has 2 amide bonds. The van der Waals surface area contributed by atoms with Crippen LogP contribution in [0.5, 0.6) is 0 Å². The van der Waals surface area contributed by atoms with E-state index in [1.54, 1.807) is 12.1 Å². The molecule has 4 nitrogen and oxygen atoms in total. The number of hydrogen-bond donors (Lipinski definition) is 2. The Morgan fingerprint density at radius 2 is 2.06 bits per heavy atom. The van der Waals surface area contributed by atoms with E-state index in [-0.39, 0.29) is 18.9 Å². The third-order valence-corrected chi connectivity index (χ3v) is 2.42. The summed E-state index contributed by atoms with van der Waals surface area (Å²) in [4.78, 5) is 22.1. The second kappa shape index (κ2) is 5.65. The molecule has 1 rings (SSSR count). The van der Waals surface area contributed by atoms with Crippen LogP contribution < -0.4 is 11.1 Å². The Balaban J connectivity index is 2.62. The molecular formula is C11H13BrN2O2. The van der Waals surface area contributed by atoms with Gasteiger partial charge in [-0.3, -0.25) is 9.59 Å². The minimum absolute atomic E-state index is 0.152. The Morgan fingerprint density at radius 1 is 1.38 bits per heavy atom. The first-order valence-electron chi connectivity index (χ1n) is 4.83. The van der Waals surface area contributed by atoms with Crippen LogP contribution in [-0.2, 0) is 4.79 Å². The average Bonchev–Trinajstić information content (AvgIpc) is 2.15. The second-order valence-electron chi connectivity index (χ2n) is 3.49. The molecular weight excluding hydrogens is 272 g/mol. The Hall–Kier alpha value is -1.36. The summed E-state index contributed by atoms with van der Waals surface area (Å²) < 4.78 is 0.854. The maximum absolute atomic E-state index is 11.6. The molecule has 0 aromatic heterocycles. The summed E-state index contributed by atoms with van der Waals surface area (Å²) in [6.45, 7) is 2.17. The summed E-state index contributed by atoms with van der Waals surface area (Å²) >= 11 is 3.32. The quantitative estimate of drug-likeness (QED) is 0.876. The predicted octanol–water partition coefficient (Wildman–Crippen LogP) is 1.36. The zero-order valence-corrected chi connectivity index (χ0v) is 10.5. The van der Waals surface area contributed by atoms with Crippen LogP contribution in [0.4, 0.5) is 0 Å². The lowest BCUT2D eigenvalue weighted by molar-refractivity contribution is -0.117. The molecule has 1 aromatic carbocycles. The zero-order chi connectivity index (χ0) is 12.1. The summed E-state index contributed by atoms with van der Waals surface area (Å²) in [6, 6.07) is 5.43. The predicted molar refractivity (Wildman–Crippen MR) is 65.0 cm³/mol. The van der Waals surface area contributed by atoms with Gasteiger partial charge in [-0.05, 0) is 30.7 Å². The van der Waals surface area contributed by atoms with Crippen molar-refractivity contribution >= 4 is 27.7 Å². The molecule has 0 atom stereocenters. The molecule has 0 bridgehead atoms. The molecule has 0 aliphatic carbocycles. The van der Waals surface area contributed by atoms with Gasteiger partial charge in [0.05, 0.1) is 0 Å². The normalized spacial score (nSPS) is 9.88. The molecule has 0 radical (unpaired) electrons. The molecule has 16 heavy (non-hydrogen) atoms. The van der Waals surface area contributed by atoms with Crippen LogP contribution >= 0.6 is 15.9 Å². The number of nitrogens with one attached hydrogen (secondary N) is 1. The van der Waals surface area contributed by atoms with Gasteiger partial charge in [-0.25, -0.2) is 0 Å². The number of aryl methyl sites for hydroxylation is 1. The van der Waals surface area contributed by atoms with Gasteiger partial charge < -0.3 is 11.1 Å². The van der Waals surface area contributed by atoms with Gasteiger partial charge in [0.15, 0.2) is 0 Å². The molecule has 1 aromatic rings. The van der Waals surface area contributed by atoms with Crippen LogP contribution in [0.2, 0.25) is 0 Å². The van der Waals surface area contributed by atoms with Crippen molar-refractivity contribution in [1.82, 2.24) is 5.32 Å². The third-order valence-electron chi connectivity index (χ3n) is 1.96. The molecule has 3 N–H and O–H groups in total. The number of hydrogen-bond acceptors (Lipinski definition) is 2. The second-order valence-corrected chi connectivity index (χ2v) is 4.41. The number of benzene rings is 1. The van der Waals surface area contributed by atoms with Gasteiger partial charge in [-0.15, -0.1) is 0 Å². The van der Waals surface area contributed by atoms with Crippen molar-refractivity contribution < 1.29 is 9.59 Å². The van der Waals surface area contributed by atoms with E-state index in [0.717, 1.165) is 10.0 Å². The molecule has 0 unspecified atom stereocenters. The SMILES string of the molecule is Cc1cc(Br)cc(C(=O)NCCC(N)=O)c1. The molecule has 0 aliphatic rings. The molecule has 0 spiro atoms. The first kappa shape index (κ1) is 12.7. The van der Waals surface area contributed by atoms with E-state index in [0.29, 0.717) is 5.56 Å². The Labute approximate surface area is 102 Å². The maximum Gasteiger partial charge on any atom is 0.251 e. The maximum atomic E-state index is 11.6. The minimum atomic E-state index is -0.425. The van der Waals surface area contributed by atoms with Gasteiger partial charge in [0.2, 0.25) is 5.91 Å². The summed E-state index contributed by atoms with van der Waals surface area (Å²) in [5.41, 5.74) is 6.53. The van der Waals surface area contributed by atoms with Crippen molar-refractivity contribution in [3.8, 4) is 0 Å². The van der Waals surface area contributed by atoms with Crippen molar-refractivity contribution in [3.63, 3.8) is 0 Å². The topological polar surface area (TPSA) is 72.2 Å². The van der Waals surface area contributed by atoms with Crippen LogP contribution in [0.15, 0.2) is 22.7 Å². The number of halogens is 1. The van der Waals surface area contributed by atoms with Crippen LogP contribution in [-0.4, -0.2) is 18.4 Å². The molecule has 0 aliphatic heterocycles. The number of carbonyl (C=O) groups is 2. The van der Waals surface area contributed by atoms with E-state index in [1.165, 1.54) is 0 Å². The highest BCUT2D eigenvalue weighted by molar-refractivity contribution is 9.10. The van der Waals surface area contributed by atoms with Gasteiger partial charge in [-0.1, -0.05) is 15.9 Å². The van der Waals surface area contributed by atoms with Crippen molar-refractivity contribution in [3.05, 3.63) is 33.8 Å². The first-order chi connectivity index (χ1) is 7.49. The summed E-state index contributed by atoms with van der Waals surface area (Å²) in [6.07, 6.45) is 0.152. The number of primary amides is 1. The molecule has 0 fully saturated rings. The molecule has 0 heterocycles. The van der Waals surface area contributed by atoms with Gasteiger partial charge in [0, 0.05) is 23.0 Å². The fourth-order valence-electron chi connectivity index (χ4n) is 1.27. The number of rotatable bonds is 4. The van der Waals surface area contributed by atoms with Gasteiger partial charge in [0.1, 0.15) is 0 Å². The molecule has 86 valence electrons. The smallest absolute Gasteiger partial charge is 0.251 e. The zero-order valence-electron chi connectivity index (χ0n) is 8.92. The van der Waals surface area contributed by atoms with Gasteiger partial charge >= 0.3 is 0 Å². The van der Waals surface area contributed by atoms with E-state index in [4.69, 9.17) is 5.73 Å². The number of carbonyl (C=O) groups excluding carboxylic acids is 2. The van der Waals surface area contributed by atoms with Crippen LogP contribution in [0, 0.1) is 6.92 Å². The molecule has 0 saturated carbocycles. The van der Waals surface area contributed by atoms with Crippen molar-refractivity contribution in [2.75, 3.05) is 6.54 Å². The van der Waals surface area contributed by atoms with Gasteiger partial charge in [-0.2, -0.15) is 0 Å². The Kier molecular flexibility index (Phi) is 4.49. The lowest BCUT2D eigenvalue weighted by Crippen LogP contribution is -2.27. The fourth-order valence-corrected chi connectivity index (χ4v) is 1.88. The highest BCUT2D eigenvalue weighted by atomic mass is 79.9. The summed E-state index contributed by atoms with van der Waals surface area (Å²) in [5.74, 6) is -0.628. The van der Waals surface area contributed by atoms with Crippen LogP contribution in [0.3, 0.4) is 0 Å². The van der Waals surface area contributed by atoms with E-state index in [2.05, 4.69) is 21.2 Å². The Morgan fingerprint density at radius 3 is 2.62 bits per heavy atom. The van der Waals surface area contributed by atoms with Crippen molar-refractivity contribution in [2.45, 2.75) is 13.3 Å². The van der Waals surface area contributed by atoms with Crippen molar-refractivity contribution in [1.29, 1.82) is 0 Å². The van der Waals surface area contributed by atoms with Crippen LogP contribution in [0.1, 0.15) is 22.3 Å². The molecule has 5 heteroatoms. The highest BCUT2D eigenvalue weighted by Crippen LogP contribution is 2.15. The van der Waals surface area contributed by atoms with Crippen LogP contribution in [0.25, 0.3) is 0 Å². The summed E-state index contributed by atoms with van der Waals surface area (Å²) in [5, 5.41) is 2.62. The monoisotopic (exact) mass is 284 g/mol. The lowest BCUT2D eigenvalue weighted by Gasteiger charge is -2.05. The van der Waals surface area contributed by atoms with E-state index < -0.39 is 5.91 Å². The van der Waals surface area contributed by atoms with Crippen molar-refractivity contribution in [2.24, 2.45) is 5.73 Å². The van der Waals surface area contributed by atoms with Gasteiger partial charge in [0.25, 0.3) is 5.91 Å². The van der Waals surface area contributed by atoms with E-state index in [1.807, 2.05) is 13.0 Å². The standard InChI is InChI=1S/C11H13BrN2O2/c1-7-4-8(6-9(12)5-7)11(16)14-3-2-10(13)15/h4-6H,2-3H2,1H3,(H2,13,15)(H,14,16). The minimum Gasteiger partial charge on any atom is -0.370 e. The number of amides is 2. The molecule has 0 saturated heterocycles. The first-order valence-corrected chi connectivity index (χ1v) is 5.62.